The molecular weight excluding hydrogens is 500 g/mol. The molecule has 0 spiro atoms. The smallest absolute Gasteiger partial charge is 0.127 e. The van der Waals surface area contributed by atoms with Crippen LogP contribution in [-0.4, -0.2) is 13.2 Å². The second-order valence-corrected chi connectivity index (χ2v) is 11.1. The van der Waals surface area contributed by atoms with E-state index in [1.54, 1.807) is 0 Å². The van der Waals surface area contributed by atoms with E-state index in [1.165, 1.54) is 56.6 Å². The van der Waals surface area contributed by atoms with Gasteiger partial charge in [-0.3, -0.25) is 0 Å². The van der Waals surface area contributed by atoms with Crippen molar-refractivity contribution in [3.63, 3.8) is 0 Å². The van der Waals surface area contributed by atoms with Crippen molar-refractivity contribution in [3.05, 3.63) is 132 Å². The molecule has 2 nitrogen and oxygen atoms in total. The van der Waals surface area contributed by atoms with Crippen molar-refractivity contribution in [2.24, 2.45) is 0 Å². The van der Waals surface area contributed by atoms with E-state index in [-0.39, 0.29) is 5.92 Å². The molecule has 0 saturated heterocycles. The van der Waals surface area contributed by atoms with E-state index in [9.17, 15) is 0 Å². The van der Waals surface area contributed by atoms with Crippen molar-refractivity contribution in [1.29, 1.82) is 0 Å². The van der Waals surface area contributed by atoms with Crippen LogP contribution in [0, 0.1) is 0 Å². The molecule has 0 aliphatic carbocycles. The van der Waals surface area contributed by atoms with Crippen molar-refractivity contribution < 1.29 is 9.47 Å². The van der Waals surface area contributed by atoms with Gasteiger partial charge in [0.2, 0.25) is 0 Å². The second-order valence-electron chi connectivity index (χ2n) is 11.1. The Bertz CT molecular complexity index is 1730. The van der Waals surface area contributed by atoms with E-state index in [4.69, 9.17) is 9.47 Å². The van der Waals surface area contributed by atoms with Gasteiger partial charge in [-0.1, -0.05) is 123 Å². The number of hydrogen-bond acceptors (Lipinski definition) is 2. The van der Waals surface area contributed by atoms with E-state index in [2.05, 4.69) is 128 Å². The van der Waals surface area contributed by atoms with E-state index in [0.29, 0.717) is 13.2 Å². The summed E-state index contributed by atoms with van der Waals surface area (Å²) in [6.07, 6.45) is 3.61. The maximum Gasteiger partial charge on any atom is 0.127 e. The zero-order chi connectivity index (χ0) is 27.6. The Morgan fingerprint density at radius 3 is 1.61 bits per heavy atom. The van der Waals surface area contributed by atoms with Crippen LogP contribution in [0.25, 0.3) is 43.8 Å². The Kier molecular flexibility index (Phi) is 6.90. The average Bonchev–Trinajstić information content (AvgIpc) is 3.12. The number of unbranched alkanes of at least 4 members (excludes halogenated alkanes) is 1. The molecule has 1 heterocycles. The molecule has 0 saturated carbocycles. The zero-order valence-corrected chi connectivity index (χ0v) is 23.5. The predicted octanol–water partition coefficient (Wildman–Crippen LogP) is 10.2. The summed E-state index contributed by atoms with van der Waals surface area (Å²) in [7, 11) is 0. The molecule has 202 valence electrons. The highest BCUT2D eigenvalue weighted by molar-refractivity contribution is 6.09. The molecule has 0 atom stereocenters. The zero-order valence-electron chi connectivity index (χ0n) is 23.5. The Labute approximate surface area is 242 Å². The summed E-state index contributed by atoms with van der Waals surface area (Å²) in [4.78, 5) is 0. The summed E-state index contributed by atoms with van der Waals surface area (Å²) in [5.41, 5.74) is 7.32. The fourth-order valence-corrected chi connectivity index (χ4v) is 6.07. The van der Waals surface area contributed by atoms with Crippen molar-refractivity contribution in [2.45, 2.75) is 32.1 Å². The Morgan fingerprint density at radius 2 is 1.07 bits per heavy atom. The summed E-state index contributed by atoms with van der Waals surface area (Å²) in [6, 6.07) is 43.6. The summed E-state index contributed by atoms with van der Waals surface area (Å²) in [5.74, 6) is 1.89. The van der Waals surface area contributed by atoms with Gasteiger partial charge in [-0.25, -0.2) is 0 Å². The molecule has 6 aromatic rings. The van der Waals surface area contributed by atoms with Gasteiger partial charge in [0.05, 0.1) is 19.1 Å². The lowest BCUT2D eigenvalue weighted by Gasteiger charge is -2.18. The standard InChI is InChI=1S/C39H34O2/c1-2-3-8-27-13-15-28(16-14-27)29-17-19-30(20-18-29)33-25-40-36-23-21-31-9-4-6-11-34(31)38(36)39-35-12-7-5-10-32(35)22-24-37(39)41-26-33/h4-7,9-24,33H,2-3,8,25-26H2,1H3. The van der Waals surface area contributed by atoms with Gasteiger partial charge in [0.25, 0.3) is 0 Å². The summed E-state index contributed by atoms with van der Waals surface area (Å²) >= 11 is 0. The summed E-state index contributed by atoms with van der Waals surface area (Å²) in [6.45, 7) is 3.33. The number of aryl methyl sites for hydroxylation is 1. The molecule has 0 aromatic heterocycles. The highest BCUT2D eigenvalue weighted by Crippen LogP contribution is 2.46. The lowest BCUT2D eigenvalue weighted by atomic mass is 9.92. The van der Waals surface area contributed by atoms with Crippen LogP contribution in [-0.2, 0) is 6.42 Å². The molecule has 0 amide bonds. The van der Waals surface area contributed by atoms with Crippen molar-refractivity contribution in [3.8, 4) is 33.8 Å². The Balaban J connectivity index is 1.25. The topological polar surface area (TPSA) is 18.5 Å². The Hall–Kier alpha value is -4.56. The van der Waals surface area contributed by atoms with Gasteiger partial charge < -0.3 is 9.47 Å². The van der Waals surface area contributed by atoms with Gasteiger partial charge in [-0.05, 0) is 68.8 Å². The van der Waals surface area contributed by atoms with E-state index >= 15 is 0 Å². The molecule has 1 aliphatic rings. The maximum atomic E-state index is 6.67. The molecule has 1 aliphatic heterocycles. The van der Waals surface area contributed by atoms with Crippen molar-refractivity contribution in [2.75, 3.05) is 13.2 Å². The van der Waals surface area contributed by atoms with Crippen molar-refractivity contribution >= 4 is 21.5 Å². The maximum absolute atomic E-state index is 6.67. The van der Waals surface area contributed by atoms with Crippen LogP contribution < -0.4 is 9.47 Å². The first-order chi connectivity index (χ1) is 20.3. The summed E-state index contributed by atoms with van der Waals surface area (Å²) in [5, 5.41) is 4.74. The van der Waals surface area contributed by atoms with Gasteiger partial charge in [0.1, 0.15) is 11.5 Å². The lowest BCUT2D eigenvalue weighted by Crippen LogP contribution is -2.17. The molecule has 0 fully saturated rings. The second kappa shape index (κ2) is 11.1. The number of fused-ring (bicyclic) bond motifs is 7. The van der Waals surface area contributed by atoms with Crippen LogP contribution in [0.15, 0.2) is 121 Å². The van der Waals surface area contributed by atoms with Crippen LogP contribution in [0.3, 0.4) is 0 Å². The first-order valence-electron chi connectivity index (χ1n) is 14.8. The quantitative estimate of drug-likeness (QED) is 0.219. The molecule has 6 aromatic carbocycles. The fraction of sp³-hybridized carbons (Fsp3) is 0.179. The fourth-order valence-electron chi connectivity index (χ4n) is 6.07. The number of rotatable bonds is 5. The Morgan fingerprint density at radius 1 is 0.561 bits per heavy atom. The van der Waals surface area contributed by atoms with Gasteiger partial charge in [0.15, 0.2) is 0 Å². The third kappa shape index (κ3) is 4.95. The normalized spacial score (nSPS) is 13.4. The van der Waals surface area contributed by atoms with Gasteiger partial charge >= 0.3 is 0 Å². The molecule has 7 rings (SSSR count). The predicted molar refractivity (Wildman–Crippen MR) is 171 cm³/mol. The third-order valence-electron chi connectivity index (χ3n) is 8.40. The molecule has 0 N–H and O–H groups in total. The van der Waals surface area contributed by atoms with Crippen molar-refractivity contribution in [1.82, 2.24) is 0 Å². The third-order valence-corrected chi connectivity index (χ3v) is 8.40. The molecular formula is C39H34O2. The highest BCUT2D eigenvalue weighted by atomic mass is 16.5. The van der Waals surface area contributed by atoms with Crippen LogP contribution in [0.2, 0.25) is 0 Å². The first-order valence-corrected chi connectivity index (χ1v) is 14.8. The van der Waals surface area contributed by atoms with Crippen LogP contribution in [0.5, 0.6) is 11.5 Å². The molecule has 41 heavy (non-hydrogen) atoms. The van der Waals surface area contributed by atoms with Gasteiger partial charge in [0, 0.05) is 11.1 Å². The lowest BCUT2D eigenvalue weighted by molar-refractivity contribution is 0.223. The minimum Gasteiger partial charge on any atom is -0.492 e. The molecule has 0 bridgehead atoms. The van der Waals surface area contributed by atoms with E-state index in [1.807, 2.05) is 0 Å². The molecule has 0 radical (unpaired) electrons. The first kappa shape index (κ1) is 25.4. The number of hydrogen-bond donors (Lipinski definition) is 0. The van der Waals surface area contributed by atoms with E-state index in [0.717, 1.165) is 29.0 Å². The number of ether oxygens (including phenoxy) is 2. The van der Waals surface area contributed by atoms with Crippen LogP contribution in [0.4, 0.5) is 0 Å². The summed E-state index contributed by atoms with van der Waals surface area (Å²) < 4.78 is 13.3. The monoisotopic (exact) mass is 534 g/mol. The minimum atomic E-state index is 0.0946. The van der Waals surface area contributed by atoms with Gasteiger partial charge in [-0.2, -0.15) is 0 Å². The largest absolute Gasteiger partial charge is 0.492 e. The van der Waals surface area contributed by atoms with Crippen LogP contribution in [0.1, 0.15) is 36.8 Å². The molecule has 2 heteroatoms. The van der Waals surface area contributed by atoms with Crippen LogP contribution >= 0.6 is 0 Å². The van der Waals surface area contributed by atoms with E-state index < -0.39 is 0 Å². The minimum absolute atomic E-state index is 0.0946. The SMILES string of the molecule is CCCCc1ccc(-c2ccc(C3COc4ccc5ccccc5c4-c4c(ccc5ccccc45)OC3)cc2)cc1. The molecule has 0 unspecified atom stereocenters. The average molecular weight is 535 g/mol. The number of benzene rings is 6. The van der Waals surface area contributed by atoms with Gasteiger partial charge in [-0.15, -0.1) is 0 Å². The highest BCUT2D eigenvalue weighted by Gasteiger charge is 2.24.